The zero-order valence-corrected chi connectivity index (χ0v) is 39.1. The SMILES string of the molecule is CC1=Cc2c(ccc(-c3ccccc3)c2-c2ccccc2C(C)C)[CH]1[Zr]([Cl])([Cl])([CH]1C(C)=Cc2c1ccc(-c1ccccc1)c2-c1ccccc1C(C)C)[SiH](C)C. The number of rotatable bonds is 9. The molecule has 0 saturated heterocycles. The number of fused-ring (bicyclic) bond motifs is 2. The summed E-state index contributed by atoms with van der Waals surface area (Å²) in [6, 6.07) is 49.2. The van der Waals surface area contributed by atoms with Gasteiger partial charge in [-0.3, -0.25) is 0 Å². The number of hydrogen-bond acceptors (Lipinski definition) is 0. The van der Waals surface area contributed by atoms with Crippen LogP contribution in [0.25, 0.3) is 56.7 Å². The number of halogens is 2. The van der Waals surface area contributed by atoms with Gasteiger partial charge in [0.25, 0.3) is 0 Å². The fraction of sp³-hybridized carbons (Fsp3) is 0.231. The third-order valence-electron chi connectivity index (χ3n) is 12.9. The van der Waals surface area contributed by atoms with E-state index in [0.29, 0.717) is 11.8 Å². The van der Waals surface area contributed by atoms with Crippen LogP contribution >= 0.6 is 17.0 Å². The molecule has 0 aromatic heterocycles. The van der Waals surface area contributed by atoms with Crippen molar-refractivity contribution < 1.29 is 15.6 Å². The van der Waals surface area contributed by atoms with Crippen LogP contribution in [-0.2, 0) is 15.6 Å². The molecule has 0 aliphatic heterocycles. The number of hydrogen-bond donors (Lipinski definition) is 0. The van der Waals surface area contributed by atoms with Crippen molar-refractivity contribution in [1.29, 1.82) is 0 Å². The van der Waals surface area contributed by atoms with Gasteiger partial charge in [0.05, 0.1) is 0 Å². The standard InChI is InChI=1S/2C25H23.C2H7Si.2ClH.Zr/c2*1-17(2)21-11-7-8-12-23(21)25-22(19-9-5-4-6-10-19)14-13-20-15-18(3)16-24(20)25;1-3-2;;;/h2*4-17H,1-3H3;3H,1-2H3;2*1H;/q;;;;;+2/p-2. The maximum absolute atomic E-state index is 8.82. The molecule has 0 amide bonds. The molecule has 4 heteroatoms. The van der Waals surface area contributed by atoms with Crippen LogP contribution in [-0.4, -0.2) is 5.92 Å². The van der Waals surface area contributed by atoms with Gasteiger partial charge in [0.1, 0.15) is 0 Å². The molecule has 0 spiro atoms. The molecule has 2 unspecified atom stereocenters. The van der Waals surface area contributed by atoms with E-state index < -0.39 is 21.5 Å². The van der Waals surface area contributed by atoms with Crippen molar-refractivity contribution in [3.05, 3.63) is 178 Å². The minimum atomic E-state index is -4.99. The van der Waals surface area contributed by atoms with Crippen LogP contribution in [0.5, 0.6) is 0 Å². The van der Waals surface area contributed by atoms with E-state index in [1.165, 1.54) is 89.0 Å². The molecule has 2 atom stereocenters. The first-order valence-electron chi connectivity index (χ1n) is 20.4. The van der Waals surface area contributed by atoms with E-state index in [1.807, 2.05) is 0 Å². The molecular formula is C52H53Cl2SiZr. The molecule has 0 nitrogen and oxygen atoms in total. The third kappa shape index (κ3) is 6.26. The molecule has 2 aliphatic rings. The van der Waals surface area contributed by atoms with Crippen molar-refractivity contribution in [1.82, 2.24) is 0 Å². The molecule has 0 N–H and O–H groups in total. The second-order valence-corrected chi connectivity index (χ2v) is 59.7. The van der Waals surface area contributed by atoms with E-state index in [1.54, 1.807) is 0 Å². The van der Waals surface area contributed by atoms with E-state index >= 15 is 0 Å². The molecule has 0 saturated carbocycles. The molecule has 2 aliphatic carbocycles. The average Bonchev–Trinajstić information content (AvgIpc) is 3.74. The van der Waals surface area contributed by atoms with Crippen LogP contribution in [0.4, 0.5) is 0 Å². The summed E-state index contributed by atoms with van der Waals surface area (Å²) in [5.74, 6) is -0.982. The summed E-state index contributed by atoms with van der Waals surface area (Å²) < 4.78 is 0.0199. The molecule has 0 heterocycles. The van der Waals surface area contributed by atoms with Gasteiger partial charge in [-0.1, -0.05) is 0 Å². The molecule has 0 radical (unpaired) electrons. The van der Waals surface area contributed by atoms with Gasteiger partial charge in [0.15, 0.2) is 0 Å². The predicted octanol–water partition coefficient (Wildman–Crippen LogP) is 16.2. The Balaban J connectivity index is 1.39. The Morgan fingerprint density at radius 2 is 0.821 bits per heavy atom. The average molecular weight is 868 g/mol. The van der Waals surface area contributed by atoms with Crippen molar-refractivity contribution in [2.75, 3.05) is 0 Å². The van der Waals surface area contributed by atoms with E-state index in [4.69, 9.17) is 17.0 Å². The van der Waals surface area contributed by atoms with Crippen LogP contribution in [0.15, 0.2) is 145 Å². The molecule has 6 aromatic carbocycles. The van der Waals surface area contributed by atoms with Gasteiger partial charge >= 0.3 is 347 Å². The van der Waals surface area contributed by atoms with Crippen molar-refractivity contribution in [2.24, 2.45) is 0 Å². The first-order chi connectivity index (χ1) is 26.8. The van der Waals surface area contributed by atoms with Crippen LogP contribution in [0, 0.1) is 0 Å². The zero-order chi connectivity index (χ0) is 39.5. The second-order valence-electron chi connectivity index (χ2n) is 17.2. The normalized spacial score (nSPS) is 17.1. The molecule has 283 valence electrons. The van der Waals surface area contributed by atoms with E-state index in [2.05, 4.69) is 200 Å². The molecule has 0 fully saturated rings. The second kappa shape index (κ2) is 15.0. The Morgan fingerprint density at radius 1 is 0.464 bits per heavy atom. The van der Waals surface area contributed by atoms with Crippen molar-refractivity contribution in [2.45, 2.75) is 73.7 Å². The molecule has 56 heavy (non-hydrogen) atoms. The zero-order valence-electron chi connectivity index (χ0n) is 34.0. The summed E-state index contributed by atoms with van der Waals surface area (Å²) in [6.45, 7) is 18.7. The Kier molecular flexibility index (Phi) is 10.5. The fourth-order valence-corrected chi connectivity index (χ4v) is 43.2. The molecular weight excluding hydrogens is 815 g/mol. The summed E-state index contributed by atoms with van der Waals surface area (Å²) in [7, 11) is 17.6. The Morgan fingerprint density at radius 3 is 1.18 bits per heavy atom. The van der Waals surface area contributed by atoms with Crippen molar-refractivity contribution in [3.8, 4) is 44.5 Å². The van der Waals surface area contributed by atoms with Gasteiger partial charge in [-0.15, -0.1) is 0 Å². The molecule has 8 rings (SSSR count). The predicted molar refractivity (Wildman–Crippen MR) is 246 cm³/mol. The van der Waals surface area contributed by atoms with Crippen molar-refractivity contribution in [3.63, 3.8) is 0 Å². The van der Waals surface area contributed by atoms with Gasteiger partial charge in [0, 0.05) is 0 Å². The topological polar surface area (TPSA) is 0 Å². The Hall–Kier alpha value is -3.52. The first kappa shape index (κ1) is 39.3. The van der Waals surface area contributed by atoms with Gasteiger partial charge < -0.3 is 0 Å². The van der Waals surface area contributed by atoms with Gasteiger partial charge in [-0.2, -0.15) is 0 Å². The summed E-state index contributed by atoms with van der Waals surface area (Å²) in [5.41, 5.74) is 20.8. The fourth-order valence-electron chi connectivity index (χ4n) is 10.2. The number of allylic oxidation sites excluding steroid dienone is 2. The Bertz CT molecular complexity index is 2360. The Labute approximate surface area is 344 Å². The van der Waals surface area contributed by atoms with E-state index in [9.17, 15) is 0 Å². The van der Waals surface area contributed by atoms with Gasteiger partial charge in [-0.05, 0) is 0 Å². The van der Waals surface area contributed by atoms with E-state index in [0.717, 1.165) is 0 Å². The van der Waals surface area contributed by atoms with Gasteiger partial charge in [-0.25, -0.2) is 0 Å². The summed E-state index contributed by atoms with van der Waals surface area (Å²) in [6.07, 6.45) is 4.93. The number of benzene rings is 6. The summed E-state index contributed by atoms with van der Waals surface area (Å²) in [5, 5.41) is 0. The van der Waals surface area contributed by atoms with Crippen LogP contribution in [0.1, 0.15) is 94.0 Å². The monoisotopic (exact) mass is 865 g/mol. The molecule has 0 bridgehead atoms. The van der Waals surface area contributed by atoms with Crippen LogP contribution in [0.3, 0.4) is 0 Å². The summed E-state index contributed by atoms with van der Waals surface area (Å²) >= 11 is -4.99. The van der Waals surface area contributed by atoms with Crippen LogP contribution < -0.4 is 0 Å². The van der Waals surface area contributed by atoms with Crippen LogP contribution in [0.2, 0.25) is 13.1 Å². The third-order valence-corrected chi connectivity index (χ3v) is 65.2. The van der Waals surface area contributed by atoms with Crippen molar-refractivity contribution >= 4 is 35.1 Å². The van der Waals surface area contributed by atoms with Gasteiger partial charge in [0.2, 0.25) is 0 Å². The molecule has 6 aromatic rings. The first-order valence-corrected chi connectivity index (χ1v) is 36.7. The van der Waals surface area contributed by atoms with E-state index in [-0.39, 0.29) is 7.25 Å². The maximum atomic E-state index is 8.82. The minimum absolute atomic E-state index is 0.00993. The quantitative estimate of drug-likeness (QED) is 0.127. The summed E-state index contributed by atoms with van der Waals surface area (Å²) in [4.78, 5) is 0.